The summed E-state index contributed by atoms with van der Waals surface area (Å²) in [6, 6.07) is 15.3. The van der Waals surface area contributed by atoms with E-state index in [-0.39, 0.29) is 11.8 Å². The van der Waals surface area contributed by atoms with Gasteiger partial charge in [-0.15, -0.1) is 0 Å². The Hall–Kier alpha value is -3.01. The topological polar surface area (TPSA) is 87.7 Å². The summed E-state index contributed by atoms with van der Waals surface area (Å²) in [5.74, 6) is 0.387. The molecular formula is C26H29N5O3S. The molecule has 9 heteroatoms. The number of thioether (sulfide) groups is 1. The second-order valence-corrected chi connectivity index (χ2v) is 10.6. The van der Waals surface area contributed by atoms with Gasteiger partial charge < -0.3 is 10.1 Å². The Balaban J connectivity index is 1.45. The second-order valence-electron chi connectivity index (χ2n) is 9.31. The highest BCUT2D eigenvalue weighted by Gasteiger charge is 2.44. The number of fused-ring (bicyclic) bond motifs is 2. The third-order valence-electron chi connectivity index (χ3n) is 6.45. The van der Waals surface area contributed by atoms with Crippen LogP contribution in [0.5, 0.6) is 0 Å². The first kappa shape index (κ1) is 23.7. The summed E-state index contributed by atoms with van der Waals surface area (Å²) in [6.45, 7) is 9.16. The van der Waals surface area contributed by atoms with Gasteiger partial charge in [0.1, 0.15) is 16.4 Å². The fourth-order valence-electron chi connectivity index (χ4n) is 4.46. The maximum atomic E-state index is 13.8. The molecule has 1 fully saturated rings. The molecule has 182 valence electrons. The smallest absolute Gasteiger partial charge is 0.250 e. The van der Waals surface area contributed by atoms with Crippen LogP contribution in [0.2, 0.25) is 0 Å². The van der Waals surface area contributed by atoms with Gasteiger partial charge >= 0.3 is 0 Å². The number of carbonyl (C=O) groups is 2. The van der Waals surface area contributed by atoms with E-state index in [9.17, 15) is 9.59 Å². The zero-order valence-electron chi connectivity index (χ0n) is 20.2. The molecule has 0 radical (unpaired) electrons. The van der Waals surface area contributed by atoms with Crippen LogP contribution in [0.3, 0.4) is 0 Å². The molecule has 2 aliphatic heterocycles. The Morgan fingerprint density at radius 1 is 1.11 bits per heavy atom. The minimum atomic E-state index is -1.02. The lowest BCUT2D eigenvalue weighted by Crippen LogP contribution is -2.60. The number of hydrogen-bond donors (Lipinski definition) is 1. The molecule has 8 nitrogen and oxygen atoms in total. The summed E-state index contributed by atoms with van der Waals surface area (Å²) in [4.78, 5) is 40.2. The molecule has 3 aromatic rings. The number of para-hydroxylation sites is 3. The van der Waals surface area contributed by atoms with Crippen molar-refractivity contribution >= 4 is 45.9 Å². The van der Waals surface area contributed by atoms with Crippen LogP contribution in [-0.4, -0.2) is 63.8 Å². The van der Waals surface area contributed by atoms with Gasteiger partial charge in [-0.05, 0) is 39.0 Å². The second kappa shape index (κ2) is 9.56. The summed E-state index contributed by atoms with van der Waals surface area (Å²) in [6.07, 6.45) is 0. The summed E-state index contributed by atoms with van der Waals surface area (Å²) >= 11 is 1.41. The number of hydrogen-bond acceptors (Lipinski definition) is 7. The van der Waals surface area contributed by atoms with Crippen LogP contribution >= 0.6 is 11.8 Å². The highest BCUT2D eigenvalue weighted by atomic mass is 32.2. The zero-order valence-corrected chi connectivity index (χ0v) is 21.0. The number of morpholine rings is 1. The maximum Gasteiger partial charge on any atom is 0.250 e. The van der Waals surface area contributed by atoms with E-state index in [4.69, 9.17) is 14.7 Å². The van der Waals surface area contributed by atoms with Crippen LogP contribution in [0.1, 0.15) is 26.6 Å². The van der Waals surface area contributed by atoms with E-state index in [1.165, 1.54) is 11.8 Å². The Morgan fingerprint density at radius 3 is 2.63 bits per heavy atom. The number of anilines is 2. The van der Waals surface area contributed by atoms with Gasteiger partial charge in [0.05, 0.1) is 41.9 Å². The number of rotatable bonds is 5. The van der Waals surface area contributed by atoms with Crippen LogP contribution in [0.4, 0.5) is 11.4 Å². The van der Waals surface area contributed by atoms with Crippen molar-refractivity contribution in [2.75, 3.05) is 36.5 Å². The normalized spacial score (nSPS) is 18.7. The van der Waals surface area contributed by atoms with Gasteiger partial charge in [0.25, 0.3) is 0 Å². The summed E-state index contributed by atoms with van der Waals surface area (Å²) < 4.78 is 5.46. The number of nitrogens with zero attached hydrogens (tertiary/aromatic N) is 4. The molecule has 1 N–H and O–H groups in total. The summed E-state index contributed by atoms with van der Waals surface area (Å²) in [5, 5.41) is 4.14. The lowest BCUT2D eigenvalue weighted by Gasteiger charge is -2.43. The number of nitrogens with one attached hydrogen (secondary N) is 1. The lowest BCUT2D eigenvalue weighted by atomic mass is 9.96. The monoisotopic (exact) mass is 491 g/mol. The van der Waals surface area contributed by atoms with Crippen LogP contribution in [-0.2, 0) is 20.9 Å². The molecule has 2 aromatic carbocycles. The van der Waals surface area contributed by atoms with Crippen molar-refractivity contribution in [2.45, 2.75) is 43.1 Å². The van der Waals surface area contributed by atoms with Gasteiger partial charge in [-0.1, -0.05) is 42.1 Å². The maximum absolute atomic E-state index is 13.8. The van der Waals surface area contributed by atoms with E-state index in [2.05, 4.69) is 10.2 Å². The van der Waals surface area contributed by atoms with E-state index in [0.29, 0.717) is 31.1 Å². The fraction of sp³-hybridized carbons (Fsp3) is 0.385. The molecule has 0 saturated carbocycles. The number of aromatic nitrogens is 2. The van der Waals surface area contributed by atoms with Crippen molar-refractivity contribution in [3.63, 3.8) is 0 Å². The number of carbonyl (C=O) groups excluding carboxylic acids is 2. The minimum Gasteiger partial charge on any atom is -0.379 e. The van der Waals surface area contributed by atoms with E-state index >= 15 is 0 Å². The van der Waals surface area contributed by atoms with Gasteiger partial charge in [-0.2, -0.15) is 0 Å². The Morgan fingerprint density at radius 2 is 1.83 bits per heavy atom. The molecule has 35 heavy (non-hydrogen) atoms. The molecule has 3 heterocycles. The largest absolute Gasteiger partial charge is 0.379 e. The van der Waals surface area contributed by atoms with Crippen LogP contribution in [0, 0.1) is 0 Å². The Bertz CT molecular complexity index is 1270. The quantitative estimate of drug-likeness (QED) is 0.430. The van der Waals surface area contributed by atoms with E-state index in [1.807, 2.05) is 55.5 Å². The molecular weight excluding hydrogens is 462 g/mol. The van der Waals surface area contributed by atoms with Crippen molar-refractivity contribution in [3.8, 4) is 0 Å². The summed E-state index contributed by atoms with van der Waals surface area (Å²) in [5.41, 5.74) is 1.18. The third-order valence-corrected chi connectivity index (χ3v) is 7.54. The highest BCUT2D eigenvalue weighted by molar-refractivity contribution is 8.00. The van der Waals surface area contributed by atoms with Crippen molar-refractivity contribution < 1.29 is 14.3 Å². The first-order chi connectivity index (χ1) is 16.8. The van der Waals surface area contributed by atoms with Gasteiger partial charge in [-0.25, -0.2) is 9.97 Å². The SMILES string of the molecule is C[C@@H](Sc1nc(CN2CCOCC2)nc2ccccc12)C(=O)N1c2ccccc2NC(=O)C1(C)C. The summed E-state index contributed by atoms with van der Waals surface area (Å²) in [7, 11) is 0. The Kier molecular flexibility index (Phi) is 6.48. The first-order valence-corrected chi connectivity index (χ1v) is 12.7. The molecule has 0 bridgehead atoms. The molecule has 1 saturated heterocycles. The third kappa shape index (κ3) is 4.63. The van der Waals surface area contributed by atoms with Crippen LogP contribution in [0.15, 0.2) is 53.6 Å². The zero-order chi connectivity index (χ0) is 24.6. The van der Waals surface area contributed by atoms with Crippen molar-refractivity contribution in [1.29, 1.82) is 0 Å². The predicted molar refractivity (Wildman–Crippen MR) is 138 cm³/mol. The number of benzene rings is 2. The van der Waals surface area contributed by atoms with Crippen molar-refractivity contribution in [1.82, 2.24) is 14.9 Å². The van der Waals surface area contributed by atoms with Crippen LogP contribution in [0.25, 0.3) is 10.9 Å². The van der Waals surface area contributed by atoms with E-state index in [0.717, 1.165) is 34.8 Å². The molecule has 0 unspecified atom stereocenters. The number of ether oxygens (including phenoxy) is 1. The van der Waals surface area contributed by atoms with Crippen molar-refractivity contribution in [2.24, 2.45) is 0 Å². The van der Waals surface area contributed by atoms with Crippen molar-refractivity contribution in [3.05, 3.63) is 54.4 Å². The first-order valence-electron chi connectivity index (χ1n) is 11.8. The lowest BCUT2D eigenvalue weighted by molar-refractivity contribution is -0.126. The molecule has 1 aromatic heterocycles. The average Bonchev–Trinajstić information content (AvgIpc) is 2.85. The molecule has 5 rings (SSSR count). The standard InChI is InChI=1S/C26H29N5O3S/c1-17(24(32)31-21-11-7-6-10-20(21)28-25(33)26(31,2)3)35-23-18-8-4-5-9-19(18)27-22(29-23)16-30-12-14-34-15-13-30/h4-11,17H,12-16H2,1-3H3,(H,28,33)/t17-/m1/s1. The van der Waals surface area contributed by atoms with Gasteiger partial charge in [-0.3, -0.25) is 19.4 Å². The molecule has 2 aliphatic rings. The molecule has 0 spiro atoms. The van der Waals surface area contributed by atoms with Gasteiger partial charge in [0.2, 0.25) is 11.8 Å². The molecule has 1 atom stereocenters. The van der Waals surface area contributed by atoms with E-state index in [1.54, 1.807) is 18.7 Å². The Labute approximate surface area is 209 Å². The van der Waals surface area contributed by atoms with Gasteiger partial charge in [0, 0.05) is 18.5 Å². The highest BCUT2D eigenvalue weighted by Crippen LogP contribution is 2.39. The van der Waals surface area contributed by atoms with Crippen LogP contribution < -0.4 is 10.2 Å². The predicted octanol–water partition coefficient (Wildman–Crippen LogP) is 3.71. The van der Waals surface area contributed by atoms with E-state index < -0.39 is 10.8 Å². The molecule has 2 amide bonds. The number of amides is 2. The average molecular weight is 492 g/mol. The molecule has 0 aliphatic carbocycles. The fourth-order valence-corrected chi connectivity index (χ4v) is 5.46. The minimum absolute atomic E-state index is 0.139. The van der Waals surface area contributed by atoms with Gasteiger partial charge in [0.15, 0.2) is 0 Å².